The van der Waals surface area contributed by atoms with Crippen LogP contribution in [0.3, 0.4) is 0 Å². The summed E-state index contributed by atoms with van der Waals surface area (Å²) in [5, 5.41) is 15.1. The van der Waals surface area contributed by atoms with Gasteiger partial charge in [0.25, 0.3) is 6.57 Å². The van der Waals surface area contributed by atoms with E-state index in [0.29, 0.717) is 26.1 Å². The Balaban J connectivity index is 3.37. The number of hydrogen-bond donors (Lipinski definition) is 3. The van der Waals surface area contributed by atoms with Crippen molar-refractivity contribution in [2.45, 2.75) is 38.3 Å². The Morgan fingerprint density at radius 2 is 1.88 bits per heavy atom. The van der Waals surface area contributed by atoms with Gasteiger partial charge in [0, 0.05) is 19.8 Å². The van der Waals surface area contributed by atoms with Crippen LogP contribution in [-0.4, -0.2) is 68.7 Å². The molecule has 0 rings (SSSR count). The van der Waals surface area contributed by atoms with E-state index in [4.69, 9.17) is 9.26 Å². The zero-order valence-electron chi connectivity index (χ0n) is 15.5. The Hall–Kier alpha value is 0.0800. The molecule has 25 heavy (non-hydrogen) atoms. The smallest absolute Gasteiger partial charge is 0.407 e. The van der Waals surface area contributed by atoms with Gasteiger partial charge in [-0.3, -0.25) is 9.88 Å². The fourth-order valence-corrected chi connectivity index (χ4v) is 3.37. The van der Waals surface area contributed by atoms with Crippen molar-refractivity contribution in [1.82, 2.24) is 10.6 Å². The zero-order valence-corrected chi connectivity index (χ0v) is 18.0. The fourth-order valence-electron chi connectivity index (χ4n) is 1.81. The van der Waals surface area contributed by atoms with E-state index in [-0.39, 0.29) is 6.61 Å². The van der Waals surface area contributed by atoms with Gasteiger partial charge >= 0.3 is 6.09 Å². The first-order valence-corrected chi connectivity index (χ1v) is 13.8. The molecular weight excluding hydrogens is 383 g/mol. The first kappa shape index (κ1) is 25.1. The van der Waals surface area contributed by atoms with Crippen molar-refractivity contribution in [2.24, 2.45) is 0 Å². The number of aliphatic hydroxyl groups excluding tert-OH is 1. The Morgan fingerprint density at radius 3 is 2.56 bits per heavy atom. The molecule has 0 saturated carbocycles. The highest BCUT2D eigenvalue weighted by Gasteiger charge is 2.12. The molecule has 0 heterocycles. The summed E-state index contributed by atoms with van der Waals surface area (Å²) in [7, 11) is 0. The largest absolute Gasteiger partial charge is 0.448 e. The Kier molecular flexibility index (Phi) is 16.3. The minimum absolute atomic E-state index is 0.228. The van der Waals surface area contributed by atoms with Gasteiger partial charge < -0.3 is 19.7 Å². The first-order valence-electron chi connectivity index (χ1n) is 8.50. The van der Waals surface area contributed by atoms with E-state index < -0.39 is 18.9 Å². The fraction of sp³-hybridized carbons (Fsp3) is 0.933. The maximum absolute atomic E-state index is 11.6. The van der Waals surface area contributed by atoms with Crippen LogP contribution in [0.4, 0.5) is 4.79 Å². The molecule has 3 N–H and O–H groups in total. The van der Waals surface area contributed by atoms with Crippen LogP contribution < -0.4 is 10.6 Å². The van der Waals surface area contributed by atoms with Gasteiger partial charge in [0.15, 0.2) is 0 Å². The second-order valence-electron chi connectivity index (χ2n) is 5.52. The van der Waals surface area contributed by atoms with Crippen LogP contribution in [0, 0.1) is 0 Å². The van der Waals surface area contributed by atoms with Crippen molar-refractivity contribution >= 4 is 35.8 Å². The molecule has 0 aliphatic heterocycles. The van der Waals surface area contributed by atoms with Crippen LogP contribution in [0.5, 0.6) is 0 Å². The normalized spacial score (nSPS) is 14.7. The van der Waals surface area contributed by atoms with Crippen LogP contribution in [0.15, 0.2) is 0 Å². The van der Waals surface area contributed by atoms with Crippen molar-refractivity contribution in [1.29, 1.82) is 0 Å². The second kappa shape index (κ2) is 16.3. The van der Waals surface area contributed by atoms with Gasteiger partial charge in [-0.15, -0.1) is 0 Å². The van der Waals surface area contributed by atoms with Gasteiger partial charge in [-0.2, -0.15) is 11.8 Å². The quantitative estimate of drug-likeness (QED) is 0.201. The third kappa shape index (κ3) is 17.3. The second-order valence-corrected chi connectivity index (χ2v) is 11.8. The average molecular weight is 417 g/mol. The number of carbonyl (C=O) groups is 1. The monoisotopic (exact) mass is 416 g/mol. The minimum Gasteiger partial charge on any atom is -0.448 e. The number of ether oxygens (including phenoxy) is 1. The molecule has 0 aromatic heterocycles. The SMILES string of the molecule is CSCCC(O)NCCOC(=O)NCCCCCCOP(C)(=O)SC. The van der Waals surface area contributed by atoms with Gasteiger partial charge in [-0.25, -0.2) is 4.79 Å². The number of alkyl carbamates (subject to hydrolysis) is 1. The van der Waals surface area contributed by atoms with Gasteiger partial charge in [0.1, 0.15) is 12.8 Å². The van der Waals surface area contributed by atoms with Crippen molar-refractivity contribution in [3.63, 3.8) is 0 Å². The number of amides is 1. The molecule has 1 amide bonds. The number of aliphatic hydroxyl groups is 1. The highest BCUT2D eigenvalue weighted by Crippen LogP contribution is 2.54. The van der Waals surface area contributed by atoms with Crippen molar-refractivity contribution < 1.29 is 23.7 Å². The molecule has 0 aromatic carbocycles. The third-order valence-electron chi connectivity index (χ3n) is 3.31. The van der Waals surface area contributed by atoms with Gasteiger partial charge in [0.05, 0.1) is 6.61 Å². The van der Waals surface area contributed by atoms with Crippen LogP contribution in [0.1, 0.15) is 32.1 Å². The predicted molar refractivity (Wildman–Crippen MR) is 108 cm³/mol. The summed E-state index contributed by atoms with van der Waals surface area (Å²) in [5.74, 6) is 0.886. The zero-order chi connectivity index (χ0) is 19.0. The number of hydrogen-bond acceptors (Lipinski definition) is 8. The topological polar surface area (TPSA) is 96.9 Å². The number of rotatable bonds is 16. The molecule has 0 bridgehead atoms. The van der Waals surface area contributed by atoms with Crippen LogP contribution in [0.25, 0.3) is 0 Å². The Morgan fingerprint density at radius 1 is 1.16 bits per heavy atom. The third-order valence-corrected chi connectivity index (χ3v) is 7.57. The Labute approximate surface area is 160 Å². The molecule has 0 saturated heterocycles. The van der Waals surface area contributed by atoms with Crippen LogP contribution >= 0.6 is 29.7 Å². The molecule has 2 unspecified atom stereocenters. The van der Waals surface area contributed by atoms with E-state index in [1.54, 1.807) is 24.7 Å². The standard InChI is InChI=1S/C15H33N2O5PS2/c1-23(20,25-3)22-11-7-5-4-6-9-17-15(19)21-12-10-16-14(18)8-13-24-2/h14,16,18H,4-13H2,1-3H3,(H,17,19). The van der Waals surface area contributed by atoms with E-state index in [2.05, 4.69) is 10.6 Å². The summed E-state index contributed by atoms with van der Waals surface area (Å²) in [4.78, 5) is 11.5. The van der Waals surface area contributed by atoms with E-state index in [0.717, 1.165) is 31.4 Å². The maximum atomic E-state index is 11.6. The van der Waals surface area contributed by atoms with Gasteiger partial charge in [-0.05, 0) is 37.5 Å². The summed E-state index contributed by atoms with van der Waals surface area (Å²) >= 11 is 2.95. The van der Waals surface area contributed by atoms with E-state index in [1.165, 1.54) is 11.4 Å². The molecular formula is C15H33N2O5PS2. The highest BCUT2D eigenvalue weighted by atomic mass is 32.7. The van der Waals surface area contributed by atoms with Crippen molar-refractivity contribution in [2.75, 3.05) is 51.2 Å². The lowest BCUT2D eigenvalue weighted by molar-refractivity contribution is 0.112. The number of carbonyl (C=O) groups excluding carboxylic acids is 1. The summed E-state index contributed by atoms with van der Waals surface area (Å²) in [6.07, 6.45) is 7.14. The van der Waals surface area contributed by atoms with E-state index in [9.17, 15) is 14.5 Å². The van der Waals surface area contributed by atoms with E-state index >= 15 is 0 Å². The minimum atomic E-state index is -2.45. The van der Waals surface area contributed by atoms with Gasteiger partial charge in [0.2, 0.25) is 0 Å². The molecule has 0 spiro atoms. The van der Waals surface area contributed by atoms with E-state index in [1.807, 2.05) is 6.26 Å². The summed E-state index contributed by atoms with van der Waals surface area (Å²) in [6, 6.07) is 0. The number of unbranched alkanes of at least 4 members (excludes halogenated alkanes) is 3. The molecule has 0 aromatic rings. The lowest BCUT2D eigenvalue weighted by Crippen LogP contribution is -2.34. The molecule has 0 aliphatic rings. The summed E-state index contributed by atoms with van der Waals surface area (Å²) in [5.41, 5.74) is 0. The average Bonchev–Trinajstić information content (AvgIpc) is 2.59. The lowest BCUT2D eigenvalue weighted by Gasteiger charge is -2.12. The summed E-state index contributed by atoms with van der Waals surface area (Å²) < 4.78 is 22.0. The molecule has 7 nitrogen and oxygen atoms in total. The molecule has 10 heteroatoms. The molecule has 0 aliphatic carbocycles. The highest BCUT2D eigenvalue weighted by molar-refractivity contribution is 8.56. The van der Waals surface area contributed by atoms with Crippen molar-refractivity contribution in [3.8, 4) is 0 Å². The summed E-state index contributed by atoms with van der Waals surface area (Å²) in [6.45, 7) is 0.923. The van der Waals surface area contributed by atoms with Crippen molar-refractivity contribution in [3.05, 3.63) is 0 Å². The molecule has 150 valence electrons. The predicted octanol–water partition coefficient (Wildman–Crippen LogP) is 3.14. The Bertz CT molecular complexity index is 391. The first-order chi connectivity index (χ1) is 11.9. The molecule has 0 fully saturated rings. The van der Waals surface area contributed by atoms with Crippen LogP contribution in [-0.2, 0) is 13.8 Å². The number of nitrogens with one attached hydrogen (secondary N) is 2. The molecule has 0 radical (unpaired) electrons. The maximum Gasteiger partial charge on any atom is 0.407 e. The van der Waals surface area contributed by atoms with Gasteiger partial charge in [-0.1, -0.05) is 24.2 Å². The number of thioether (sulfide) groups is 1. The lowest BCUT2D eigenvalue weighted by atomic mass is 10.2. The van der Waals surface area contributed by atoms with Crippen LogP contribution in [0.2, 0.25) is 0 Å². The molecule has 2 atom stereocenters.